The molecule has 7 rings (SSSR count). The van der Waals surface area contributed by atoms with Crippen molar-refractivity contribution in [3.63, 3.8) is 0 Å². The zero-order valence-electron chi connectivity index (χ0n) is 31.0. The van der Waals surface area contributed by atoms with Crippen LogP contribution in [0.3, 0.4) is 0 Å². The van der Waals surface area contributed by atoms with Gasteiger partial charge in [-0.25, -0.2) is 9.78 Å². The Kier molecular flexibility index (Phi) is 11.6. The van der Waals surface area contributed by atoms with Gasteiger partial charge >= 0.3 is 23.6 Å². The van der Waals surface area contributed by atoms with E-state index in [1.807, 2.05) is 12.1 Å². The molecule has 2 saturated heterocycles. The third kappa shape index (κ3) is 8.14. The van der Waals surface area contributed by atoms with Crippen LogP contribution in [-0.2, 0) is 47.9 Å². The number of nitrogens with two attached hydrogens (primary N) is 1. The number of nitrogens with one attached hydrogen (secondary N) is 1. The van der Waals surface area contributed by atoms with Gasteiger partial charge in [0.1, 0.15) is 19.4 Å². The monoisotopic (exact) mass is 803 g/mol. The first-order valence-electron chi connectivity index (χ1n) is 18.1. The van der Waals surface area contributed by atoms with Gasteiger partial charge in [-0.05, 0) is 22.3 Å². The third-order valence-corrected chi connectivity index (χ3v) is 10.2. The molecule has 3 N–H and O–H groups in total. The summed E-state index contributed by atoms with van der Waals surface area (Å²) in [4.78, 5) is 85.5. The van der Waals surface area contributed by atoms with Crippen molar-refractivity contribution in [1.29, 1.82) is 0 Å². The Morgan fingerprint density at radius 2 is 1.36 bits per heavy atom. The summed E-state index contributed by atoms with van der Waals surface area (Å²) in [5, 5.41) is 8.56. The van der Waals surface area contributed by atoms with Gasteiger partial charge < -0.3 is 30.1 Å². The summed E-state index contributed by atoms with van der Waals surface area (Å²) in [6, 6.07) is 35.6. The summed E-state index contributed by atoms with van der Waals surface area (Å²) in [6.07, 6.45) is -3.35. The number of nitrogen functional groups attached to an aromatic ring is 1. The number of hydroxylamine groups is 2. The largest absolute Gasteiger partial charge is 0.452 e. The summed E-state index contributed by atoms with van der Waals surface area (Å²) < 4.78 is 17.8. The first kappa shape index (κ1) is 39.3. The van der Waals surface area contributed by atoms with E-state index in [1.165, 1.54) is 12.5 Å². The molecule has 1 aromatic heterocycles. The molecule has 3 heterocycles. The van der Waals surface area contributed by atoms with Crippen LogP contribution in [0.25, 0.3) is 0 Å². The number of hydrogen-bond acceptors (Lipinski definition) is 14. The Labute approximate surface area is 336 Å². The zero-order chi connectivity index (χ0) is 40.7. The number of thiazole rings is 1. The lowest BCUT2D eigenvalue weighted by molar-refractivity contribution is -0.260. The Hall–Kier alpha value is -6.91. The van der Waals surface area contributed by atoms with Gasteiger partial charge in [0, 0.05) is 11.8 Å². The lowest BCUT2D eigenvalue weighted by Crippen LogP contribution is -2.63. The Balaban J connectivity index is 1.24. The fraction of sp³-hybridized carbons (Fsp3) is 0.214. The highest BCUT2D eigenvalue weighted by atomic mass is 32.1. The molecular weight excluding hydrogens is 767 g/mol. The molecule has 1 unspecified atom stereocenters. The Morgan fingerprint density at radius 3 is 1.81 bits per heavy atom. The number of carbonyl (C=O) groups excluding carboxylic acids is 5. The zero-order valence-corrected chi connectivity index (χ0v) is 31.8. The lowest BCUT2D eigenvalue weighted by atomic mass is 9.93. The number of ether oxygens (including phenoxy) is 3. The van der Waals surface area contributed by atoms with Crippen LogP contribution in [0.1, 0.15) is 59.4 Å². The maximum absolute atomic E-state index is 14.9. The van der Waals surface area contributed by atoms with Gasteiger partial charge in [-0.2, -0.15) is 5.06 Å². The number of aromatic nitrogens is 1. The summed E-state index contributed by atoms with van der Waals surface area (Å²) in [5.74, 6) is -4.97. The Bertz CT molecular complexity index is 2230. The molecule has 58 heavy (non-hydrogen) atoms. The summed E-state index contributed by atoms with van der Waals surface area (Å²) in [7, 11) is 1.21. The van der Waals surface area contributed by atoms with E-state index >= 15 is 0 Å². The molecule has 0 aliphatic carbocycles. The molecule has 4 aromatic carbocycles. The second-order valence-electron chi connectivity index (χ2n) is 13.3. The first-order valence-corrected chi connectivity index (χ1v) is 19.0. The minimum absolute atomic E-state index is 0.0219. The van der Waals surface area contributed by atoms with Crippen LogP contribution in [0.2, 0.25) is 0 Å². The highest BCUT2D eigenvalue weighted by Gasteiger charge is 2.65. The summed E-state index contributed by atoms with van der Waals surface area (Å²) in [5.41, 5.74) is 3.23. The molecule has 0 radical (unpaired) electrons. The van der Waals surface area contributed by atoms with Crippen LogP contribution >= 0.6 is 11.3 Å². The smallest absolute Gasteiger partial charge is 0.376 e. The molecule has 0 saturated carbocycles. The number of oxime groups is 1. The first-order chi connectivity index (χ1) is 28.1. The van der Waals surface area contributed by atoms with Crippen LogP contribution in [0.15, 0.2) is 132 Å². The molecule has 0 spiro atoms. The van der Waals surface area contributed by atoms with Crippen molar-refractivity contribution >= 4 is 51.9 Å². The minimum Gasteiger partial charge on any atom is -0.452 e. The molecule has 2 aliphatic rings. The Morgan fingerprint density at radius 1 is 0.845 bits per heavy atom. The molecule has 2 fully saturated rings. The molecule has 296 valence electrons. The van der Waals surface area contributed by atoms with E-state index in [2.05, 4.69) is 15.5 Å². The predicted molar refractivity (Wildman–Crippen MR) is 208 cm³/mol. The van der Waals surface area contributed by atoms with Crippen LogP contribution in [0.4, 0.5) is 5.13 Å². The maximum atomic E-state index is 14.9. The van der Waals surface area contributed by atoms with Gasteiger partial charge in [0.2, 0.25) is 0 Å². The molecule has 2 aliphatic heterocycles. The van der Waals surface area contributed by atoms with Crippen molar-refractivity contribution in [3.8, 4) is 0 Å². The average Bonchev–Trinajstić information content (AvgIpc) is 3.95. The normalized spacial score (nSPS) is 19.2. The predicted octanol–water partition coefficient (Wildman–Crippen LogP) is 4.79. The number of nitrogens with zero attached hydrogens (tertiary/aromatic N) is 3. The SMILES string of the molecule is CO/N=C(\C(=O)N[C@@]1(CC(=O)OC(c2ccccc2)c2ccccc2)CON(C2(C(=O)OC(c3ccccc3)c3ccccc3)CCC(=O)O2)C1=O)c1csc(N)n1. The second-order valence-corrected chi connectivity index (χ2v) is 14.2. The van der Waals surface area contributed by atoms with Gasteiger partial charge in [-0.3, -0.25) is 24.0 Å². The third-order valence-electron chi connectivity index (χ3n) is 9.48. The number of cyclic esters (lactones) is 1. The molecule has 2 atom stereocenters. The quantitative estimate of drug-likeness (QED) is 0.0675. The maximum Gasteiger partial charge on any atom is 0.376 e. The number of rotatable bonds is 14. The molecular formula is C42H37N5O10S. The topological polar surface area (TPSA) is 198 Å². The number of anilines is 1. The fourth-order valence-corrected chi connectivity index (χ4v) is 7.25. The van der Waals surface area contributed by atoms with Crippen LogP contribution in [0.5, 0.6) is 0 Å². The summed E-state index contributed by atoms with van der Waals surface area (Å²) >= 11 is 1.03. The van der Waals surface area contributed by atoms with Crippen LogP contribution in [-0.4, -0.2) is 70.5 Å². The summed E-state index contributed by atoms with van der Waals surface area (Å²) in [6.45, 7) is -0.707. The molecule has 0 bridgehead atoms. The van der Waals surface area contributed by atoms with Crippen molar-refractivity contribution in [2.75, 3.05) is 19.5 Å². The molecule has 5 aromatic rings. The molecule has 2 amide bonds. The van der Waals surface area contributed by atoms with Gasteiger partial charge in [0.15, 0.2) is 28.6 Å². The highest BCUT2D eigenvalue weighted by molar-refractivity contribution is 7.13. The standard InChI is InChI=1S/C42H37N5O10S/c1-53-46-34(31-25-58-40(43)44-31)37(50)45-41(24-33(49)55-35(27-14-6-2-7-15-27)28-16-8-3-9-17-28)26-54-47(38(41)51)42(23-22-32(48)57-42)39(52)56-36(29-18-10-4-11-19-29)30-20-12-5-13-21-30/h2-21,25,35-36H,22-24,26H2,1H3,(H2,43,44)(H,45,50)/b46-34-/t41-,42?/m0/s1. The second kappa shape index (κ2) is 17.1. The van der Waals surface area contributed by atoms with E-state index in [0.717, 1.165) is 11.3 Å². The van der Waals surface area contributed by atoms with E-state index in [9.17, 15) is 24.0 Å². The van der Waals surface area contributed by atoms with Gasteiger partial charge in [-0.15, -0.1) is 11.3 Å². The van der Waals surface area contributed by atoms with Crippen LogP contribution < -0.4 is 11.1 Å². The average molecular weight is 804 g/mol. The van der Waals surface area contributed by atoms with E-state index < -0.39 is 66.2 Å². The molecule has 16 heteroatoms. The number of hydrogen-bond donors (Lipinski definition) is 2. The van der Waals surface area contributed by atoms with Gasteiger partial charge in [-0.1, -0.05) is 126 Å². The van der Waals surface area contributed by atoms with Crippen molar-refractivity contribution in [2.24, 2.45) is 5.16 Å². The number of benzene rings is 4. The van der Waals surface area contributed by atoms with E-state index in [4.69, 9.17) is 29.6 Å². The van der Waals surface area contributed by atoms with Gasteiger partial charge in [0.25, 0.3) is 11.8 Å². The highest BCUT2D eigenvalue weighted by Crippen LogP contribution is 2.41. The van der Waals surface area contributed by atoms with Crippen molar-refractivity contribution in [1.82, 2.24) is 15.4 Å². The molecule has 15 nitrogen and oxygen atoms in total. The number of carbonyl (C=O) groups is 5. The fourth-order valence-electron chi connectivity index (χ4n) is 6.71. The van der Waals surface area contributed by atoms with Crippen molar-refractivity contribution < 1.29 is 47.9 Å². The van der Waals surface area contributed by atoms with Crippen molar-refractivity contribution in [2.45, 2.75) is 42.7 Å². The van der Waals surface area contributed by atoms with Crippen LogP contribution in [0, 0.1) is 0 Å². The number of esters is 3. The van der Waals surface area contributed by atoms with E-state index in [1.54, 1.807) is 109 Å². The van der Waals surface area contributed by atoms with Crippen molar-refractivity contribution in [3.05, 3.63) is 155 Å². The minimum atomic E-state index is -2.45. The van der Waals surface area contributed by atoms with E-state index in [-0.39, 0.29) is 29.4 Å². The lowest BCUT2D eigenvalue weighted by Gasteiger charge is -2.35. The van der Waals surface area contributed by atoms with Gasteiger partial charge in [0.05, 0.1) is 12.8 Å². The van der Waals surface area contributed by atoms with E-state index in [0.29, 0.717) is 27.3 Å². The number of amides is 2.